The van der Waals surface area contributed by atoms with Crippen molar-refractivity contribution in [2.45, 2.75) is 18.6 Å². The minimum Gasteiger partial charge on any atom is -0.353 e. The predicted molar refractivity (Wildman–Crippen MR) is 124 cm³/mol. The maximum absolute atomic E-state index is 13.1. The molecule has 1 atom stereocenters. The van der Waals surface area contributed by atoms with E-state index in [4.69, 9.17) is 0 Å². The quantitative estimate of drug-likeness (QED) is 0.602. The summed E-state index contributed by atoms with van der Waals surface area (Å²) in [6, 6.07) is 4.93. The van der Waals surface area contributed by atoms with E-state index in [1.54, 1.807) is 18.5 Å². The number of halogens is 3. The lowest BCUT2D eigenvalue weighted by atomic mass is 10.1. The van der Waals surface area contributed by atoms with Crippen LogP contribution in [0, 0.1) is 0 Å². The Balaban J connectivity index is 1.34. The zero-order valence-electron chi connectivity index (χ0n) is 19.4. The van der Waals surface area contributed by atoms with Crippen molar-refractivity contribution in [2.75, 3.05) is 56.0 Å². The van der Waals surface area contributed by atoms with Gasteiger partial charge in [-0.05, 0) is 24.3 Å². The largest absolute Gasteiger partial charge is 0.416 e. The predicted octanol–water partition coefficient (Wildman–Crippen LogP) is 0.973. The summed E-state index contributed by atoms with van der Waals surface area (Å²) in [5, 5.41) is 5.05. The summed E-state index contributed by atoms with van der Waals surface area (Å²) < 4.78 is 38.8. The maximum Gasteiger partial charge on any atom is 0.416 e. The van der Waals surface area contributed by atoms with Crippen molar-refractivity contribution >= 4 is 29.4 Å². The minimum atomic E-state index is -4.55. The van der Waals surface area contributed by atoms with Gasteiger partial charge < -0.3 is 20.4 Å². The van der Waals surface area contributed by atoms with Crippen molar-refractivity contribution in [1.29, 1.82) is 0 Å². The molecule has 1 aromatic carbocycles. The topological polar surface area (TPSA) is 111 Å². The molecule has 3 heterocycles. The van der Waals surface area contributed by atoms with Crippen molar-refractivity contribution < 1.29 is 27.6 Å². The van der Waals surface area contributed by atoms with E-state index in [-0.39, 0.29) is 37.6 Å². The Morgan fingerprint density at radius 1 is 1.06 bits per heavy atom. The van der Waals surface area contributed by atoms with Crippen LogP contribution in [0.15, 0.2) is 42.7 Å². The molecule has 0 bridgehead atoms. The van der Waals surface area contributed by atoms with Gasteiger partial charge in [-0.3, -0.25) is 19.3 Å². The number of amides is 3. The first-order valence-corrected chi connectivity index (χ1v) is 11.5. The number of nitrogens with one attached hydrogen (secondary N) is 2. The zero-order valence-corrected chi connectivity index (χ0v) is 19.4. The Labute approximate surface area is 205 Å². The van der Waals surface area contributed by atoms with Crippen LogP contribution in [0.3, 0.4) is 0 Å². The van der Waals surface area contributed by atoms with Gasteiger partial charge in [0.15, 0.2) is 0 Å². The van der Waals surface area contributed by atoms with E-state index >= 15 is 0 Å². The van der Waals surface area contributed by atoms with Crippen molar-refractivity contribution in [3.05, 3.63) is 48.3 Å². The Kier molecular flexibility index (Phi) is 7.67. The van der Waals surface area contributed by atoms with Crippen LogP contribution < -0.4 is 15.5 Å². The van der Waals surface area contributed by atoms with Gasteiger partial charge in [0.1, 0.15) is 6.04 Å². The van der Waals surface area contributed by atoms with Crippen LogP contribution in [0.1, 0.15) is 12.0 Å². The average molecular weight is 506 g/mol. The van der Waals surface area contributed by atoms with E-state index in [1.165, 1.54) is 17.0 Å². The molecule has 3 amide bonds. The van der Waals surface area contributed by atoms with Crippen LogP contribution in [-0.4, -0.2) is 89.3 Å². The Hall–Kier alpha value is -3.74. The minimum absolute atomic E-state index is 0.0378. The first-order valence-electron chi connectivity index (χ1n) is 11.5. The zero-order chi connectivity index (χ0) is 25.7. The lowest BCUT2D eigenvalue weighted by Gasteiger charge is -2.38. The highest BCUT2D eigenvalue weighted by molar-refractivity contribution is 5.97. The van der Waals surface area contributed by atoms with Crippen LogP contribution in [-0.2, 0) is 20.6 Å². The fourth-order valence-electron chi connectivity index (χ4n) is 4.22. The molecule has 36 heavy (non-hydrogen) atoms. The molecular weight excluding hydrogens is 479 g/mol. The summed E-state index contributed by atoms with van der Waals surface area (Å²) in [5.41, 5.74) is -0.935. The van der Waals surface area contributed by atoms with Crippen LogP contribution >= 0.6 is 0 Å². The molecule has 4 rings (SSSR count). The summed E-state index contributed by atoms with van der Waals surface area (Å²) in [4.78, 5) is 52.0. The standard InChI is InChI=1S/C23H26F3N7O3/c24-23(25,26)16-3-1-4-17(13-16)30-19(34)14-18-21(36)27-7-8-33(18)20(35)15-31-9-11-32(12-10-31)22-28-5-2-6-29-22/h1-6,13,18H,7-12,14-15H2,(H,27,36)(H,30,34). The third kappa shape index (κ3) is 6.27. The third-order valence-electron chi connectivity index (χ3n) is 6.07. The highest BCUT2D eigenvalue weighted by Gasteiger charge is 2.36. The molecule has 2 aliphatic heterocycles. The average Bonchev–Trinajstić information content (AvgIpc) is 2.86. The Morgan fingerprint density at radius 2 is 1.78 bits per heavy atom. The van der Waals surface area contributed by atoms with Crippen molar-refractivity contribution in [3.63, 3.8) is 0 Å². The molecule has 0 aliphatic carbocycles. The van der Waals surface area contributed by atoms with Gasteiger partial charge >= 0.3 is 6.18 Å². The fourth-order valence-corrected chi connectivity index (χ4v) is 4.22. The number of piperazine rings is 2. The first-order chi connectivity index (χ1) is 17.2. The van der Waals surface area contributed by atoms with E-state index in [9.17, 15) is 27.6 Å². The number of hydrogen-bond donors (Lipinski definition) is 2. The van der Waals surface area contributed by atoms with E-state index in [1.807, 2.05) is 9.80 Å². The first kappa shape index (κ1) is 25.4. The SMILES string of the molecule is O=C(CC1C(=O)NCCN1C(=O)CN1CCN(c2ncccn2)CC1)Nc1cccc(C(F)(F)F)c1. The molecule has 192 valence electrons. The van der Waals surface area contributed by atoms with E-state index in [0.29, 0.717) is 32.1 Å². The number of carbonyl (C=O) groups is 3. The number of alkyl halides is 3. The highest BCUT2D eigenvalue weighted by Crippen LogP contribution is 2.30. The van der Waals surface area contributed by atoms with E-state index in [0.717, 1.165) is 12.1 Å². The van der Waals surface area contributed by atoms with Gasteiger partial charge in [-0.2, -0.15) is 13.2 Å². The van der Waals surface area contributed by atoms with Gasteiger partial charge in [-0.15, -0.1) is 0 Å². The number of carbonyl (C=O) groups excluding carboxylic acids is 3. The molecule has 2 saturated heterocycles. The molecule has 2 fully saturated rings. The number of rotatable bonds is 6. The number of benzene rings is 1. The summed E-state index contributed by atoms with van der Waals surface area (Å²) in [6.45, 7) is 3.07. The van der Waals surface area contributed by atoms with E-state index in [2.05, 4.69) is 20.6 Å². The van der Waals surface area contributed by atoms with Gasteiger partial charge in [0, 0.05) is 57.3 Å². The molecule has 2 aromatic rings. The van der Waals surface area contributed by atoms with Crippen LogP contribution in [0.2, 0.25) is 0 Å². The lowest BCUT2D eigenvalue weighted by molar-refractivity contribution is -0.145. The normalized spacial score (nSPS) is 19.1. The van der Waals surface area contributed by atoms with Gasteiger partial charge in [0.05, 0.1) is 18.5 Å². The van der Waals surface area contributed by atoms with Gasteiger partial charge in [0.25, 0.3) is 0 Å². The summed E-state index contributed by atoms with van der Waals surface area (Å²) in [6.07, 6.45) is -1.58. The van der Waals surface area contributed by atoms with Crippen LogP contribution in [0.25, 0.3) is 0 Å². The van der Waals surface area contributed by atoms with Crippen LogP contribution in [0.4, 0.5) is 24.8 Å². The molecule has 0 radical (unpaired) electrons. The van der Waals surface area contributed by atoms with Gasteiger partial charge in [0.2, 0.25) is 23.7 Å². The van der Waals surface area contributed by atoms with E-state index < -0.39 is 29.6 Å². The molecule has 0 saturated carbocycles. The lowest BCUT2D eigenvalue weighted by Crippen LogP contribution is -2.60. The van der Waals surface area contributed by atoms with Crippen molar-refractivity contribution in [2.24, 2.45) is 0 Å². The van der Waals surface area contributed by atoms with Crippen molar-refractivity contribution in [1.82, 2.24) is 25.1 Å². The molecule has 0 spiro atoms. The summed E-state index contributed by atoms with van der Waals surface area (Å²) >= 11 is 0. The molecule has 1 unspecified atom stereocenters. The Morgan fingerprint density at radius 3 is 2.47 bits per heavy atom. The highest BCUT2D eigenvalue weighted by atomic mass is 19.4. The summed E-state index contributed by atoms with van der Waals surface area (Å²) in [5.74, 6) is -0.792. The second kappa shape index (κ2) is 10.9. The van der Waals surface area contributed by atoms with Crippen LogP contribution in [0.5, 0.6) is 0 Å². The molecule has 2 N–H and O–H groups in total. The molecule has 1 aromatic heterocycles. The van der Waals surface area contributed by atoms with Crippen molar-refractivity contribution in [3.8, 4) is 0 Å². The summed E-state index contributed by atoms with van der Waals surface area (Å²) in [7, 11) is 0. The number of anilines is 2. The molecule has 10 nitrogen and oxygen atoms in total. The maximum atomic E-state index is 13.1. The number of hydrogen-bond acceptors (Lipinski definition) is 7. The third-order valence-corrected chi connectivity index (χ3v) is 6.07. The second-order valence-corrected chi connectivity index (χ2v) is 8.54. The second-order valence-electron chi connectivity index (χ2n) is 8.54. The smallest absolute Gasteiger partial charge is 0.353 e. The Bertz CT molecular complexity index is 1090. The van der Waals surface area contributed by atoms with Gasteiger partial charge in [-0.25, -0.2) is 9.97 Å². The molecule has 2 aliphatic rings. The van der Waals surface area contributed by atoms with Gasteiger partial charge in [-0.1, -0.05) is 6.07 Å². The molecule has 13 heteroatoms. The molecular formula is C23H26F3N7O3. The fraction of sp³-hybridized carbons (Fsp3) is 0.435. The number of nitrogens with zero attached hydrogens (tertiary/aromatic N) is 5. The number of aromatic nitrogens is 2. The monoisotopic (exact) mass is 505 g/mol.